The molecule has 0 heterocycles. The predicted octanol–water partition coefficient (Wildman–Crippen LogP) is 3.24. The van der Waals surface area contributed by atoms with Crippen molar-refractivity contribution in [2.45, 2.75) is 19.1 Å². The first kappa shape index (κ1) is 15.1. The summed E-state index contributed by atoms with van der Waals surface area (Å²) >= 11 is 0. The Labute approximate surface area is 103 Å². The molecule has 9 heteroatoms. The summed E-state index contributed by atoms with van der Waals surface area (Å²) in [5.41, 5.74) is 0.0529. The monoisotopic (exact) mass is 286 g/mol. The van der Waals surface area contributed by atoms with Crippen LogP contribution < -0.4 is 5.32 Å². The molecule has 3 nitrogen and oxygen atoms in total. The molecule has 1 N–H and O–H groups in total. The van der Waals surface area contributed by atoms with Gasteiger partial charge in [0.2, 0.25) is 0 Å². The average Bonchev–Trinajstić information content (AvgIpc) is 2.23. The molecule has 0 radical (unpaired) electrons. The Morgan fingerprint density at radius 1 is 1.05 bits per heavy atom. The number of rotatable bonds is 2. The minimum absolute atomic E-state index is 0.0529. The second-order valence-corrected chi connectivity index (χ2v) is 3.47. The first-order chi connectivity index (χ1) is 8.59. The minimum Gasteiger partial charge on any atom is -0.249 e. The van der Waals surface area contributed by atoms with E-state index in [9.17, 15) is 31.1 Å². The van der Waals surface area contributed by atoms with Gasteiger partial charge in [0.1, 0.15) is 0 Å². The van der Waals surface area contributed by atoms with E-state index in [2.05, 4.69) is 0 Å². The van der Waals surface area contributed by atoms with Gasteiger partial charge >= 0.3 is 18.6 Å². The fourth-order valence-electron chi connectivity index (χ4n) is 1.23. The molecule has 0 aliphatic carbocycles. The molecule has 0 fully saturated rings. The molecule has 0 saturated heterocycles. The lowest BCUT2D eigenvalue weighted by Gasteiger charge is -2.25. The number of hydrogen-bond donors (Lipinski definition) is 1. The summed E-state index contributed by atoms with van der Waals surface area (Å²) in [5.74, 6) is 0. The number of amides is 2. The molecule has 0 spiro atoms. The third kappa shape index (κ3) is 5.06. The van der Waals surface area contributed by atoms with E-state index >= 15 is 0 Å². The summed E-state index contributed by atoms with van der Waals surface area (Å²) in [6, 6.07) is 4.59. The van der Waals surface area contributed by atoms with Crippen LogP contribution in [-0.4, -0.2) is 23.5 Å². The molecule has 2 amide bonds. The number of carbonyl (C=O) groups is 1. The summed E-state index contributed by atoms with van der Waals surface area (Å²) in [5, 5.41) is 0.313. The van der Waals surface area contributed by atoms with Crippen molar-refractivity contribution < 1.29 is 31.1 Å². The maximum atomic E-state index is 12.5. The predicted molar refractivity (Wildman–Crippen MR) is 52.6 cm³/mol. The van der Waals surface area contributed by atoms with Gasteiger partial charge in [0.05, 0.1) is 6.54 Å². The number of halogens is 6. The van der Waals surface area contributed by atoms with Crippen molar-refractivity contribution in [2.24, 2.45) is 0 Å². The Kier molecular flexibility index (Phi) is 4.28. The van der Waals surface area contributed by atoms with Gasteiger partial charge in [-0.1, -0.05) is 30.3 Å². The summed E-state index contributed by atoms with van der Waals surface area (Å²) < 4.78 is 73.2. The topological polar surface area (TPSA) is 32.3 Å². The zero-order chi connectivity index (χ0) is 14.7. The fourth-order valence-corrected chi connectivity index (χ4v) is 1.23. The molecule has 1 rings (SSSR count). The zero-order valence-electron chi connectivity index (χ0n) is 9.22. The number of benzene rings is 1. The van der Waals surface area contributed by atoms with Gasteiger partial charge in [0.25, 0.3) is 0 Å². The first-order valence-corrected chi connectivity index (χ1v) is 4.87. The number of nitrogens with zero attached hydrogens (tertiary/aromatic N) is 1. The van der Waals surface area contributed by atoms with Crippen molar-refractivity contribution in [3.8, 4) is 0 Å². The van der Waals surface area contributed by atoms with Gasteiger partial charge in [-0.25, -0.2) is 15.0 Å². The van der Waals surface area contributed by atoms with Gasteiger partial charge in [-0.15, -0.1) is 13.2 Å². The van der Waals surface area contributed by atoms with Gasteiger partial charge in [-0.05, 0) is 5.56 Å². The normalized spacial score (nSPS) is 12.1. The highest BCUT2D eigenvalue weighted by molar-refractivity contribution is 5.74. The van der Waals surface area contributed by atoms with E-state index in [1.807, 2.05) is 0 Å². The van der Waals surface area contributed by atoms with Gasteiger partial charge in [0, 0.05) is 0 Å². The summed E-state index contributed by atoms with van der Waals surface area (Å²) in [6.07, 6.45) is -10.4. The van der Waals surface area contributed by atoms with E-state index in [0.717, 1.165) is 0 Å². The maximum Gasteiger partial charge on any atom is 0.488 e. The molecule has 0 aliphatic rings. The quantitative estimate of drug-likeness (QED) is 0.657. The van der Waals surface area contributed by atoms with Crippen LogP contribution in [0.4, 0.5) is 31.1 Å². The number of alkyl halides is 6. The van der Waals surface area contributed by atoms with Crippen LogP contribution >= 0.6 is 0 Å². The first-order valence-electron chi connectivity index (χ1n) is 4.87. The van der Waals surface area contributed by atoms with E-state index in [0.29, 0.717) is 5.32 Å². The van der Waals surface area contributed by atoms with Crippen molar-refractivity contribution in [1.82, 2.24) is 10.2 Å². The largest absolute Gasteiger partial charge is 0.488 e. The molecule has 19 heavy (non-hydrogen) atoms. The third-order valence-electron chi connectivity index (χ3n) is 1.98. The van der Waals surface area contributed by atoms with Gasteiger partial charge in [-0.3, -0.25) is 0 Å². The van der Waals surface area contributed by atoms with E-state index < -0.39 is 30.1 Å². The lowest BCUT2D eigenvalue weighted by atomic mass is 10.2. The lowest BCUT2D eigenvalue weighted by Crippen LogP contribution is -2.51. The second-order valence-electron chi connectivity index (χ2n) is 3.47. The van der Waals surface area contributed by atoms with E-state index in [1.165, 1.54) is 30.3 Å². The summed E-state index contributed by atoms with van der Waals surface area (Å²) in [6.45, 7) is -1.01. The SMILES string of the molecule is O=C(NC(F)(F)F)N(Cc1ccccc1)C(F)(F)F. The molecular formula is C10H8F6N2O. The molecule has 0 atom stereocenters. The highest BCUT2D eigenvalue weighted by Crippen LogP contribution is 2.24. The van der Waals surface area contributed by atoms with E-state index in [-0.39, 0.29) is 5.56 Å². The van der Waals surface area contributed by atoms with Crippen LogP contribution in [0.5, 0.6) is 0 Å². The molecule has 0 unspecified atom stereocenters. The van der Waals surface area contributed by atoms with Gasteiger partial charge < -0.3 is 0 Å². The number of urea groups is 1. The number of carbonyl (C=O) groups excluding carboxylic acids is 1. The van der Waals surface area contributed by atoms with E-state index in [1.54, 1.807) is 0 Å². The molecular weight excluding hydrogens is 278 g/mol. The third-order valence-corrected chi connectivity index (χ3v) is 1.98. The molecule has 0 aromatic heterocycles. The Bertz CT molecular complexity index is 428. The van der Waals surface area contributed by atoms with Crippen LogP contribution in [0.15, 0.2) is 30.3 Å². The lowest BCUT2D eigenvalue weighted by molar-refractivity contribution is -0.231. The Morgan fingerprint density at radius 3 is 2.00 bits per heavy atom. The number of nitrogens with one attached hydrogen (secondary N) is 1. The van der Waals surface area contributed by atoms with Crippen LogP contribution in [0.2, 0.25) is 0 Å². The zero-order valence-corrected chi connectivity index (χ0v) is 9.22. The molecule has 1 aromatic rings. The molecule has 106 valence electrons. The van der Waals surface area contributed by atoms with Crippen molar-refractivity contribution in [1.29, 1.82) is 0 Å². The second kappa shape index (κ2) is 5.37. The smallest absolute Gasteiger partial charge is 0.249 e. The molecule has 0 saturated carbocycles. The van der Waals surface area contributed by atoms with Crippen molar-refractivity contribution >= 4 is 6.03 Å². The van der Waals surface area contributed by atoms with Crippen LogP contribution in [-0.2, 0) is 6.54 Å². The highest BCUT2D eigenvalue weighted by Gasteiger charge is 2.44. The summed E-state index contributed by atoms with van der Waals surface area (Å²) in [7, 11) is 0. The maximum absolute atomic E-state index is 12.5. The average molecular weight is 286 g/mol. The van der Waals surface area contributed by atoms with Crippen molar-refractivity contribution in [2.75, 3.05) is 0 Å². The molecule has 0 bridgehead atoms. The van der Waals surface area contributed by atoms with Gasteiger partial charge in [0.15, 0.2) is 0 Å². The van der Waals surface area contributed by atoms with Crippen LogP contribution in [0.3, 0.4) is 0 Å². The van der Waals surface area contributed by atoms with Crippen LogP contribution in [0, 0.1) is 0 Å². The van der Waals surface area contributed by atoms with Crippen molar-refractivity contribution in [3.63, 3.8) is 0 Å². The van der Waals surface area contributed by atoms with Crippen molar-refractivity contribution in [3.05, 3.63) is 35.9 Å². The van der Waals surface area contributed by atoms with Crippen LogP contribution in [0.25, 0.3) is 0 Å². The molecule has 0 aliphatic heterocycles. The highest BCUT2D eigenvalue weighted by atomic mass is 19.4. The summed E-state index contributed by atoms with van der Waals surface area (Å²) in [4.78, 5) is 10.1. The van der Waals surface area contributed by atoms with Gasteiger partial charge in [-0.2, -0.15) is 13.2 Å². The number of hydrogen-bond acceptors (Lipinski definition) is 1. The Morgan fingerprint density at radius 2 is 1.58 bits per heavy atom. The Hall–Kier alpha value is -1.93. The molecule has 1 aromatic carbocycles. The standard InChI is InChI=1S/C10H8F6N2O/c11-9(12,13)17-8(19)18(10(14,15)16)6-7-4-2-1-3-5-7/h1-5H,6H2,(H,17,19). The minimum atomic E-state index is -5.22. The Balaban J connectivity index is 2.88. The van der Waals surface area contributed by atoms with Crippen LogP contribution in [0.1, 0.15) is 5.56 Å². The fraction of sp³-hybridized carbons (Fsp3) is 0.300. The van der Waals surface area contributed by atoms with E-state index in [4.69, 9.17) is 0 Å².